The van der Waals surface area contributed by atoms with Gasteiger partial charge < -0.3 is 10.2 Å². The molecule has 0 aliphatic carbocycles. The van der Waals surface area contributed by atoms with E-state index in [1.807, 2.05) is 30.3 Å². The molecular formula is C17H17FN2O2. The fourth-order valence-corrected chi connectivity index (χ4v) is 2.00. The molecule has 0 spiro atoms. The van der Waals surface area contributed by atoms with Gasteiger partial charge in [-0.15, -0.1) is 0 Å². The lowest BCUT2D eigenvalue weighted by atomic mass is 10.2. The van der Waals surface area contributed by atoms with Crippen LogP contribution >= 0.6 is 0 Å². The topological polar surface area (TPSA) is 49.4 Å². The summed E-state index contributed by atoms with van der Waals surface area (Å²) in [5, 5.41) is 2.44. The minimum Gasteiger partial charge on any atom is -0.344 e. The van der Waals surface area contributed by atoms with Gasteiger partial charge in [0.15, 0.2) is 0 Å². The number of halogens is 1. The summed E-state index contributed by atoms with van der Waals surface area (Å²) in [5.41, 5.74) is 1.27. The van der Waals surface area contributed by atoms with E-state index in [2.05, 4.69) is 5.32 Å². The number of hydrogen-bond acceptors (Lipinski definition) is 2. The predicted molar refractivity (Wildman–Crippen MR) is 81.2 cm³/mol. The fraction of sp³-hybridized carbons (Fsp3) is 0.176. The smallest absolute Gasteiger partial charge is 0.311 e. The Morgan fingerprint density at radius 2 is 1.68 bits per heavy atom. The molecular weight excluding hydrogens is 283 g/mol. The molecule has 1 N–H and O–H groups in total. The molecule has 0 bridgehead atoms. The average Bonchev–Trinajstić information content (AvgIpc) is 2.54. The van der Waals surface area contributed by atoms with Crippen molar-refractivity contribution >= 4 is 11.8 Å². The summed E-state index contributed by atoms with van der Waals surface area (Å²) in [6, 6.07) is 15.5. The van der Waals surface area contributed by atoms with Crippen LogP contribution in [-0.4, -0.2) is 23.8 Å². The molecule has 0 saturated carbocycles. The SMILES string of the molecule is CN(Cc1ccccc1)C(=O)C(=O)NCc1ccccc1F. The molecule has 2 amide bonds. The zero-order valence-corrected chi connectivity index (χ0v) is 12.3. The van der Waals surface area contributed by atoms with Crippen molar-refractivity contribution in [2.45, 2.75) is 13.1 Å². The lowest BCUT2D eigenvalue weighted by molar-refractivity contribution is -0.145. The second-order valence-electron chi connectivity index (χ2n) is 4.92. The summed E-state index contributed by atoms with van der Waals surface area (Å²) in [4.78, 5) is 25.1. The molecule has 0 fully saturated rings. The van der Waals surface area contributed by atoms with Crippen molar-refractivity contribution in [2.75, 3.05) is 7.05 Å². The van der Waals surface area contributed by atoms with Gasteiger partial charge in [0.05, 0.1) is 0 Å². The predicted octanol–water partition coefficient (Wildman–Crippen LogP) is 2.10. The normalized spacial score (nSPS) is 10.1. The Kier molecular flexibility index (Phi) is 5.25. The van der Waals surface area contributed by atoms with Crippen molar-refractivity contribution in [3.63, 3.8) is 0 Å². The third kappa shape index (κ3) is 4.15. The third-order valence-electron chi connectivity index (χ3n) is 3.20. The Morgan fingerprint density at radius 1 is 1.05 bits per heavy atom. The van der Waals surface area contributed by atoms with Crippen LogP contribution < -0.4 is 5.32 Å². The monoisotopic (exact) mass is 300 g/mol. The molecule has 0 heterocycles. The first kappa shape index (κ1) is 15.7. The molecule has 0 unspecified atom stereocenters. The van der Waals surface area contributed by atoms with E-state index in [1.165, 1.54) is 11.0 Å². The molecule has 114 valence electrons. The van der Waals surface area contributed by atoms with Crippen LogP contribution in [0.3, 0.4) is 0 Å². The molecule has 0 aromatic heterocycles. The van der Waals surface area contributed by atoms with Crippen molar-refractivity contribution in [1.82, 2.24) is 10.2 Å². The Balaban J connectivity index is 1.89. The molecule has 0 aliphatic rings. The second kappa shape index (κ2) is 7.36. The van der Waals surface area contributed by atoms with E-state index < -0.39 is 17.6 Å². The zero-order valence-electron chi connectivity index (χ0n) is 12.3. The maximum absolute atomic E-state index is 13.4. The lowest BCUT2D eigenvalue weighted by Gasteiger charge is -2.16. The van der Waals surface area contributed by atoms with E-state index >= 15 is 0 Å². The van der Waals surface area contributed by atoms with Crippen LogP contribution in [0.2, 0.25) is 0 Å². The minimum atomic E-state index is -0.748. The quantitative estimate of drug-likeness (QED) is 0.879. The average molecular weight is 300 g/mol. The Labute approximate surface area is 128 Å². The van der Waals surface area contributed by atoms with Gasteiger partial charge in [0.2, 0.25) is 0 Å². The molecule has 0 atom stereocenters. The molecule has 2 aromatic rings. The molecule has 22 heavy (non-hydrogen) atoms. The molecule has 4 nitrogen and oxygen atoms in total. The number of likely N-dealkylation sites (N-methyl/N-ethyl adjacent to an activating group) is 1. The van der Waals surface area contributed by atoms with E-state index in [-0.39, 0.29) is 6.54 Å². The van der Waals surface area contributed by atoms with E-state index in [0.717, 1.165) is 5.56 Å². The molecule has 0 saturated heterocycles. The number of nitrogens with zero attached hydrogens (tertiary/aromatic N) is 1. The van der Waals surface area contributed by atoms with Gasteiger partial charge in [-0.25, -0.2) is 4.39 Å². The maximum Gasteiger partial charge on any atom is 0.311 e. The summed E-state index contributed by atoms with van der Waals surface area (Å²) in [5.74, 6) is -1.81. The number of carbonyl (C=O) groups excluding carboxylic acids is 2. The third-order valence-corrected chi connectivity index (χ3v) is 3.20. The Bertz CT molecular complexity index is 659. The van der Waals surface area contributed by atoms with Gasteiger partial charge in [0.1, 0.15) is 5.82 Å². The van der Waals surface area contributed by atoms with Gasteiger partial charge in [-0.2, -0.15) is 0 Å². The van der Waals surface area contributed by atoms with E-state index in [0.29, 0.717) is 12.1 Å². The molecule has 0 aliphatic heterocycles. The van der Waals surface area contributed by atoms with Gasteiger partial charge in [-0.3, -0.25) is 9.59 Å². The summed E-state index contributed by atoms with van der Waals surface area (Å²) in [6.45, 7) is 0.323. The number of carbonyl (C=O) groups is 2. The lowest BCUT2D eigenvalue weighted by Crippen LogP contribution is -2.40. The number of amides is 2. The van der Waals surface area contributed by atoms with Gasteiger partial charge in [-0.1, -0.05) is 48.5 Å². The van der Waals surface area contributed by atoms with Crippen molar-refractivity contribution in [3.05, 3.63) is 71.5 Å². The van der Waals surface area contributed by atoms with Crippen LogP contribution in [0.15, 0.2) is 54.6 Å². The second-order valence-corrected chi connectivity index (χ2v) is 4.92. The van der Waals surface area contributed by atoms with Crippen LogP contribution in [-0.2, 0) is 22.7 Å². The van der Waals surface area contributed by atoms with Crippen molar-refractivity contribution < 1.29 is 14.0 Å². The van der Waals surface area contributed by atoms with Crippen LogP contribution in [0.25, 0.3) is 0 Å². The largest absolute Gasteiger partial charge is 0.344 e. The summed E-state index contributed by atoms with van der Waals surface area (Å²) in [6.07, 6.45) is 0. The number of nitrogens with one attached hydrogen (secondary N) is 1. The highest BCUT2D eigenvalue weighted by Crippen LogP contribution is 2.06. The van der Waals surface area contributed by atoms with Gasteiger partial charge in [-0.05, 0) is 11.6 Å². The van der Waals surface area contributed by atoms with Gasteiger partial charge in [0, 0.05) is 25.7 Å². The number of hydrogen-bond donors (Lipinski definition) is 1. The Morgan fingerprint density at radius 3 is 2.36 bits per heavy atom. The summed E-state index contributed by atoms with van der Waals surface area (Å²) >= 11 is 0. The minimum absolute atomic E-state index is 0.0174. The summed E-state index contributed by atoms with van der Waals surface area (Å²) < 4.78 is 13.4. The summed E-state index contributed by atoms with van der Waals surface area (Å²) in [7, 11) is 1.55. The number of benzene rings is 2. The van der Waals surface area contributed by atoms with Crippen LogP contribution in [0.5, 0.6) is 0 Å². The Hall–Kier alpha value is -2.69. The van der Waals surface area contributed by atoms with E-state index in [9.17, 15) is 14.0 Å². The van der Waals surface area contributed by atoms with Crippen LogP contribution in [0, 0.1) is 5.82 Å². The van der Waals surface area contributed by atoms with E-state index in [1.54, 1.807) is 25.2 Å². The highest BCUT2D eigenvalue weighted by Gasteiger charge is 2.18. The van der Waals surface area contributed by atoms with Gasteiger partial charge >= 0.3 is 11.8 Å². The van der Waals surface area contributed by atoms with Crippen LogP contribution in [0.4, 0.5) is 4.39 Å². The molecule has 5 heteroatoms. The van der Waals surface area contributed by atoms with Crippen molar-refractivity contribution in [2.24, 2.45) is 0 Å². The molecule has 0 radical (unpaired) electrons. The first-order valence-corrected chi connectivity index (χ1v) is 6.88. The standard InChI is InChI=1S/C17H17FN2O2/c1-20(12-13-7-3-2-4-8-13)17(22)16(21)19-11-14-9-5-6-10-15(14)18/h2-10H,11-12H2,1H3,(H,19,21). The molecule has 2 aromatic carbocycles. The number of rotatable bonds is 4. The first-order chi connectivity index (χ1) is 10.6. The molecule has 2 rings (SSSR count). The maximum atomic E-state index is 13.4. The van der Waals surface area contributed by atoms with Gasteiger partial charge in [0.25, 0.3) is 0 Å². The highest BCUT2D eigenvalue weighted by atomic mass is 19.1. The fourth-order valence-electron chi connectivity index (χ4n) is 2.00. The first-order valence-electron chi connectivity index (χ1n) is 6.88. The van der Waals surface area contributed by atoms with E-state index in [4.69, 9.17) is 0 Å². The van der Waals surface area contributed by atoms with Crippen molar-refractivity contribution in [1.29, 1.82) is 0 Å². The van der Waals surface area contributed by atoms with Crippen LogP contribution in [0.1, 0.15) is 11.1 Å². The highest BCUT2D eigenvalue weighted by molar-refractivity contribution is 6.34. The van der Waals surface area contributed by atoms with Crippen molar-refractivity contribution in [3.8, 4) is 0 Å². The zero-order chi connectivity index (χ0) is 15.9.